The molecular weight excluding hydrogens is 266 g/mol. The Kier molecular flexibility index (Phi) is 4.55. The van der Waals surface area contributed by atoms with Crippen LogP contribution in [0.4, 0.5) is 0 Å². The van der Waals surface area contributed by atoms with E-state index in [-0.39, 0.29) is 5.84 Å². The number of nitrogens with two attached hydrogens (primary N) is 1. The first kappa shape index (κ1) is 15.0. The molecule has 2 rings (SSSR count). The molecular formula is C16H19N3O2. The van der Waals surface area contributed by atoms with E-state index in [9.17, 15) is 0 Å². The number of pyridine rings is 1. The molecule has 0 aliphatic rings. The van der Waals surface area contributed by atoms with Gasteiger partial charge in [0.15, 0.2) is 0 Å². The first-order valence-electron chi connectivity index (χ1n) is 6.59. The predicted octanol–water partition coefficient (Wildman–Crippen LogP) is 2.92. The van der Waals surface area contributed by atoms with E-state index in [1.54, 1.807) is 7.11 Å². The zero-order valence-corrected chi connectivity index (χ0v) is 12.4. The van der Waals surface area contributed by atoms with Gasteiger partial charge in [-0.15, -0.1) is 0 Å². The predicted molar refractivity (Wildman–Crippen MR) is 82.0 cm³/mol. The summed E-state index contributed by atoms with van der Waals surface area (Å²) in [6.45, 7) is 4.28. The quantitative estimate of drug-likeness (QED) is 0.653. The van der Waals surface area contributed by atoms with Crippen LogP contribution in [-0.2, 0) is 11.3 Å². The van der Waals surface area contributed by atoms with Gasteiger partial charge in [0.25, 0.3) is 0 Å². The lowest BCUT2D eigenvalue weighted by atomic mass is 10.1. The van der Waals surface area contributed by atoms with E-state index in [2.05, 4.69) is 4.98 Å². The number of nitrogen functional groups attached to an aromatic ring is 1. The fraction of sp³-hybridized carbons (Fsp3) is 0.250. The first-order chi connectivity index (χ1) is 10.0. The number of nitrogens with one attached hydrogen (secondary N) is 1. The third-order valence-corrected chi connectivity index (χ3v) is 3.00. The Morgan fingerprint density at radius 2 is 2.05 bits per heavy atom. The summed E-state index contributed by atoms with van der Waals surface area (Å²) in [5.74, 6) is 0.946. The molecule has 0 radical (unpaired) electrons. The molecule has 5 nitrogen and oxygen atoms in total. The van der Waals surface area contributed by atoms with E-state index >= 15 is 0 Å². The van der Waals surface area contributed by atoms with Crippen LogP contribution in [0.25, 0.3) is 0 Å². The second-order valence-electron chi connectivity index (χ2n) is 4.86. The van der Waals surface area contributed by atoms with Gasteiger partial charge in [0.05, 0.1) is 12.2 Å². The summed E-state index contributed by atoms with van der Waals surface area (Å²) in [6, 6.07) is 9.44. The summed E-state index contributed by atoms with van der Waals surface area (Å²) >= 11 is 0. The zero-order valence-electron chi connectivity index (χ0n) is 12.4. The largest absolute Gasteiger partial charge is 0.438 e. The number of benzene rings is 1. The van der Waals surface area contributed by atoms with Crippen LogP contribution < -0.4 is 10.5 Å². The normalized spacial score (nSPS) is 10.4. The van der Waals surface area contributed by atoms with Crippen LogP contribution in [-0.4, -0.2) is 17.9 Å². The molecule has 0 unspecified atom stereocenters. The van der Waals surface area contributed by atoms with E-state index in [4.69, 9.17) is 20.6 Å². The summed E-state index contributed by atoms with van der Waals surface area (Å²) in [7, 11) is 1.65. The minimum atomic E-state index is -0.0527. The summed E-state index contributed by atoms with van der Waals surface area (Å²) < 4.78 is 10.9. The number of aryl methyl sites for hydroxylation is 2. The smallest absolute Gasteiger partial charge is 0.230 e. The number of rotatable bonds is 5. The van der Waals surface area contributed by atoms with Gasteiger partial charge in [0, 0.05) is 12.8 Å². The third-order valence-electron chi connectivity index (χ3n) is 3.00. The van der Waals surface area contributed by atoms with E-state index in [0.717, 1.165) is 16.8 Å². The SMILES string of the molecule is COCc1cccc(Oc2nc(C)cc(C)c2C(=N)N)c1. The summed E-state index contributed by atoms with van der Waals surface area (Å²) in [6.07, 6.45) is 0. The molecule has 0 aliphatic heterocycles. The van der Waals surface area contributed by atoms with Gasteiger partial charge < -0.3 is 15.2 Å². The van der Waals surface area contributed by atoms with Gasteiger partial charge in [-0.2, -0.15) is 0 Å². The van der Waals surface area contributed by atoms with Gasteiger partial charge in [-0.3, -0.25) is 5.41 Å². The maximum Gasteiger partial charge on any atom is 0.230 e. The summed E-state index contributed by atoms with van der Waals surface area (Å²) in [5, 5.41) is 7.70. The highest BCUT2D eigenvalue weighted by molar-refractivity contribution is 5.98. The molecule has 1 aromatic heterocycles. The van der Waals surface area contributed by atoms with Crippen LogP contribution in [0.5, 0.6) is 11.6 Å². The monoisotopic (exact) mass is 285 g/mol. The van der Waals surface area contributed by atoms with E-state index in [1.165, 1.54) is 0 Å². The van der Waals surface area contributed by atoms with Gasteiger partial charge in [-0.05, 0) is 43.2 Å². The van der Waals surface area contributed by atoms with Crippen molar-refractivity contribution in [3.05, 3.63) is 52.7 Å². The van der Waals surface area contributed by atoms with Crippen molar-refractivity contribution in [3.63, 3.8) is 0 Å². The van der Waals surface area contributed by atoms with Crippen LogP contribution in [0.1, 0.15) is 22.4 Å². The Bertz CT molecular complexity index is 669. The highest BCUT2D eigenvalue weighted by atomic mass is 16.5. The molecule has 0 saturated heterocycles. The number of hydrogen-bond acceptors (Lipinski definition) is 4. The Hall–Kier alpha value is -2.40. The van der Waals surface area contributed by atoms with Gasteiger partial charge in [0.1, 0.15) is 11.6 Å². The van der Waals surface area contributed by atoms with Crippen molar-refractivity contribution in [1.29, 1.82) is 5.41 Å². The highest BCUT2D eigenvalue weighted by Crippen LogP contribution is 2.26. The second kappa shape index (κ2) is 6.37. The summed E-state index contributed by atoms with van der Waals surface area (Å²) in [4.78, 5) is 4.35. The number of amidine groups is 1. The van der Waals surface area contributed by atoms with E-state index in [0.29, 0.717) is 23.8 Å². The Morgan fingerprint density at radius 1 is 1.29 bits per heavy atom. The fourth-order valence-electron chi connectivity index (χ4n) is 2.18. The van der Waals surface area contributed by atoms with Crippen LogP contribution in [0.15, 0.2) is 30.3 Å². The lowest BCUT2D eigenvalue weighted by Gasteiger charge is -2.13. The molecule has 110 valence electrons. The molecule has 0 fully saturated rings. The third kappa shape index (κ3) is 3.58. The van der Waals surface area contributed by atoms with Crippen LogP contribution >= 0.6 is 0 Å². The van der Waals surface area contributed by atoms with Gasteiger partial charge in [0.2, 0.25) is 5.88 Å². The molecule has 0 spiro atoms. The Balaban J connectivity index is 2.39. The van der Waals surface area contributed by atoms with Crippen molar-refractivity contribution in [2.45, 2.75) is 20.5 Å². The number of methoxy groups -OCH3 is 1. The maximum absolute atomic E-state index is 7.70. The average Bonchev–Trinajstić information content (AvgIpc) is 2.38. The van der Waals surface area contributed by atoms with E-state index < -0.39 is 0 Å². The van der Waals surface area contributed by atoms with Crippen molar-refractivity contribution in [2.75, 3.05) is 7.11 Å². The molecule has 1 aromatic carbocycles. The standard InChI is InChI=1S/C16H19N3O2/c1-10-7-11(2)19-16(14(10)15(17)18)21-13-6-4-5-12(8-13)9-20-3/h4-8H,9H2,1-3H3,(H3,17,18). The van der Waals surface area contributed by atoms with Crippen molar-refractivity contribution in [2.24, 2.45) is 5.73 Å². The number of ether oxygens (including phenoxy) is 2. The van der Waals surface area contributed by atoms with Gasteiger partial charge in [-0.25, -0.2) is 4.98 Å². The molecule has 1 heterocycles. The molecule has 0 atom stereocenters. The van der Waals surface area contributed by atoms with Crippen LogP contribution in [0, 0.1) is 19.3 Å². The van der Waals surface area contributed by atoms with Gasteiger partial charge >= 0.3 is 0 Å². The highest BCUT2D eigenvalue weighted by Gasteiger charge is 2.14. The molecule has 5 heteroatoms. The maximum atomic E-state index is 7.70. The van der Waals surface area contributed by atoms with Crippen molar-refractivity contribution in [3.8, 4) is 11.6 Å². The number of hydrogen-bond donors (Lipinski definition) is 2. The Morgan fingerprint density at radius 3 is 2.71 bits per heavy atom. The molecule has 3 N–H and O–H groups in total. The van der Waals surface area contributed by atoms with Crippen molar-refractivity contribution >= 4 is 5.84 Å². The molecule has 21 heavy (non-hydrogen) atoms. The second-order valence-corrected chi connectivity index (χ2v) is 4.86. The van der Waals surface area contributed by atoms with E-state index in [1.807, 2.05) is 44.2 Å². The first-order valence-corrected chi connectivity index (χ1v) is 6.59. The molecule has 0 saturated carbocycles. The Labute approximate surface area is 124 Å². The topological polar surface area (TPSA) is 81.2 Å². The lowest BCUT2D eigenvalue weighted by molar-refractivity contribution is 0.184. The minimum absolute atomic E-state index is 0.0527. The van der Waals surface area contributed by atoms with Crippen LogP contribution in [0.2, 0.25) is 0 Å². The average molecular weight is 285 g/mol. The van der Waals surface area contributed by atoms with Crippen molar-refractivity contribution in [1.82, 2.24) is 4.98 Å². The van der Waals surface area contributed by atoms with Crippen LogP contribution in [0.3, 0.4) is 0 Å². The lowest BCUT2D eigenvalue weighted by Crippen LogP contribution is -2.15. The molecule has 0 aliphatic carbocycles. The molecule has 0 bridgehead atoms. The molecule has 2 aromatic rings. The van der Waals surface area contributed by atoms with Crippen molar-refractivity contribution < 1.29 is 9.47 Å². The molecule has 0 amide bonds. The van der Waals surface area contributed by atoms with Gasteiger partial charge in [-0.1, -0.05) is 12.1 Å². The fourth-order valence-corrected chi connectivity index (χ4v) is 2.18. The zero-order chi connectivity index (χ0) is 15.4. The number of nitrogens with zero attached hydrogens (tertiary/aromatic N) is 1. The minimum Gasteiger partial charge on any atom is -0.438 e. The summed E-state index contributed by atoms with van der Waals surface area (Å²) in [5.41, 5.74) is 8.86. The number of aromatic nitrogens is 1.